The highest BCUT2D eigenvalue weighted by Crippen LogP contribution is 2.06. The molecule has 0 saturated carbocycles. The molecular weight excluding hydrogens is 433 g/mol. The lowest BCUT2D eigenvalue weighted by molar-refractivity contribution is 0.0527. The van der Waals surface area contributed by atoms with Crippen molar-refractivity contribution < 1.29 is 9.53 Å². The van der Waals surface area contributed by atoms with E-state index in [0.29, 0.717) is 13.1 Å². The summed E-state index contributed by atoms with van der Waals surface area (Å²) in [6.07, 6.45) is 4.44. The maximum Gasteiger partial charge on any atom is 0.407 e. The Morgan fingerprint density at radius 3 is 2.40 bits per heavy atom. The van der Waals surface area contributed by atoms with Crippen LogP contribution in [0.4, 0.5) is 4.79 Å². The van der Waals surface area contributed by atoms with Crippen LogP contribution >= 0.6 is 24.0 Å². The number of aliphatic imine (C=N–C) groups is 1. The average Bonchev–Trinajstić information content (AvgIpc) is 2.98. The molecule has 0 saturated heterocycles. The monoisotopic (exact) mass is 465 g/mol. The van der Waals surface area contributed by atoms with E-state index in [9.17, 15) is 4.79 Å². The third-order valence-corrected chi connectivity index (χ3v) is 2.95. The number of aromatic nitrogens is 1. The fourth-order valence-electron chi connectivity index (χ4n) is 1.94. The number of ether oxygens (including phenoxy) is 1. The zero-order valence-electron chi connectivity index (χ0n) is 15.7. The number of guanidine groups is 1. The van der Waals surface area contributed by atoms with Crippen molar-refractivity contribution in [3.05, 3.63) is 24.5 Å². The van der Waals surface area contributed by atoms with Crippen LogP contribution in [0.15, 0.2) is 29.5 Å². The van der Waals surface area contributed by atoms with Gasteiger partial charge >= 0.3 is 6.09 Å². The van der Waals surface area contributed by atoms with Gasteiger partial charge in [-0.1, -0.05) is 0 Å². The highest BCUT2D eigenvalue weighted by molar-refractivity contribution is 14.0. The van der Waals surface area contributed by atoms with Gasteiger partial charge in [-0.15, -0.1) is 24.0 Å². The van der Waals surface area contributed by atoms with Crippen molar-refractivity contribution in [3.63, 3.8) is 0 Å². The first-order valence-electron chi connectivity index (χ1n) is 8.50. The summed E-state index contributed by atoms with van der Waals surface area (Å²) in [5, 5.41) is 9.24. The predicted octanol–water partition coefficient (Wildman–Crippen LogP) is 2.58. The van der Waals surface area contributed by atoms with Gasteiger partial charge in [0.15, 0.2) is 5.96 Å². The van der Waals surface area contributed by atoms with E-state index in [-0.39, 0.29) is 30.1 Å². The molecule has 25 heavy (non-hydrogen) atoms. The van der Waals surface area contributed by atoms with Crippen molar-refractivity contribution in [3.8, 4) is 0 Å². The van der Waals surface area contributed by atoms with Gasteiger partial charge in [-0.2, -0.15) is 0 Å². The van der Waals surface area contributed by atoms with Gasteiger partial charge in [-0.3, -0.25) is 4.99 Å². The highest BCUT2D eigenvalue weighted by atomic mass is 127. The molecule has 1 aromatic rings. The molecule has 7 nitrogen and oxygen atoms in total. The maximum atomic E-state index is 11.5. The molecule has 1 amide bonds. The van der Waals surface area contributed by atoms with E-state index in [2.05, 4.69) is 25.5 Å². The number of nitrogens with zero attached hydrogens (tertiary/aromatic N) is 2. The first-order chi connectivity index (χ1) is 11.4. The molecule has 0 aliphatic heterocycles. The summed E-state index contributed by atoms with van der Waals surface area (Å²) in [6, 6.07) is 4.02. The minimum absolute atomic E-state index is 0. The summed E-state index contributed by atoms with van der Waals surface area (Å²) in [5.74, 6) is 0.793. The van der Waals surface area contributed by atoms with Crippen molar-refractivity contribution in [2.24, 2.45) is 4.99 Å². The molecule has 0 fully saturated rings. The number of alkyl carbamates (subject to hydrolysis) is 1. The van der Waals surface area contributed by atoms with Crippen LogP contribution in [0.1, 0.15) is 34.1 Å². The predicted molar refractivity (Wildman–Crippen MR) is 113 cm³/mol. The second kappa shape index (κ2) is 12.8. The summed E-state index contributed by atoms with van der Waals surface area (Å²) in [6.45, 7) is 11.2. The van der Waals surface area contributed by atoms with E-state index >= 15 is 0 Å². The second-order valence-corrected chi connectivity index (χ2v) is 6.39. The Balaban J connectivity index is 0.00000576. The van der Waals surface area contributed by atoms with Crippen LogP contribution in [0.25, 0.3) is 0 Å². The van der Waals surface area contributed by atoms with E-state index in [1.54, 1.807) is 0 Å². The molecule has 3 N–H and O–H groups in total. The third-order valence-electron chi connectivity index (χ3n) is 2.95. The van der Waals surface area contributed by atoms with Gasteiger partial charge in [0.2, 0.25) is 0 Å². The van der Waals surface area contributed by atoms with Crippen molar-refractivity contribution in [2.45, 2.75) is 46.3 Å². The van der Waals surface area contributed by atoms with Crippen molar-refractivity contribution in [1.82, 2.24) is 20.5 Å². The van der Waals surface area contributed by atoms with Crippen LogP contribution in [-0.2, 0) is 11.3 Å². The number of carbonyl (C=O) groups excluding carboxylic acids is 1. The van der Waals surface area contributed by atoms with Gasteiger partial charge in [0.25, 0.3) is 0 Å². The lowest BCUT2D eigenvalue weighted by Crippen LogP contribution is -2.39. The Labute approximate surface area is 168 Å². The molecule has 0 atom stereocenters. The molecule has 0 unspecified atom stereocenters. The van der Waals surface area contributed by atoms with Gasteiger partial charge in [-0.25, -0.2) is 4.79 Å². The van der Waals surface area contributed by atoms with E-state index in [1.165, 1.54) is 0 Å². The Morgan fingerprint density at radius 1 is 1.12 bits per heavy atom. The van der Waals surface area contributed by atoms with Gasteiger partial charge in [-0.05, 0) is 46.2 Å². The fraction of sp³-hybridized carbons (Fsp3) is 0.647. The summed E-state index contributed by atoms with van der Waals surface area (Å²) in [7, 11) is 0. The zero-order valence-corrected chi connectivity index (χ0v) is 18.0. The first-order valence-corrected chi connectivity index (χ1v) is 8.50. The van der Waals surface area contributed by atoms with Crippen LogP contribution < -0.4 is 16.0 Å². The zero-order chi connectivity index (χ0) is 17.8. The molecule has 0 aliphatic rings. The largest absolute Gasteiger partial charge is 0.444 e. The molecule has 8 heteroatoms. The molecule has 0 radical (unpaired) electrons. The Bertz CT molecular complexity index is 498. The van der Waals surface area contributed by atoms with Crippen LogP contribution in [0.3, 0.4) is 0 Å². The average molecular weight is 465 g/mol. The minimum Gasteiger partial charge on any atom is -0.444 e. The van der Waals surface area contributed by atoms with Crippen LogP contribution in [-0.4, -0.2) is 48.4 Å². The quantitative estimate of drug-likeness (QED) is 0.239. The molecule has 144 valence electrons. The van der Waals surface area contributed by atoms with Crippen molar-refractivity contribution in [1.29, 1.82) is 0 Å². The molecule has 0 spiro atoms. The molecule has 0 aliphatic carbocycles. The Kier molecular flexibility index (Phi) is 12.1. The normalized spacial score (nSPS) is 11.4. The van der Waals surface area contributed by atoms with Gasteiger partial charge < -0.3 is 25.3 Å². The lowest BCUT2D eigenvalue weighted by atomic mass is 10.2. The highest BCUT2D eigenvalue weighted by Gasteiger charge is 2.15. The fourth-order valence-corrected chi connectivity index (χ4v) is 1.94. The summed E-state index contributed by atoms with van der Waals surface area (Å²) < 4.78 is 7.29. The van der Waals surface area contributed by atoms with E-state index < -0.39 is 5.60 Å². The number of nitrogens with one attached hydrogen (secondary N) is 3. The summed E-state index contributed by atoms with van der Waals surface area (Å²) in [5.41, 5.74) is -0.468. The second-order valence-electron chi connectivity index (χ2n) is 6.39. The minimum atomic E-state index is -0.468. The topological polar surface area (TPSA) is 79.7 Å². The number of rotatable bonds is 8. The lowest BCUT2D eigenvalue weighted by Gasteiger charge is -2.19. The van der Waals surface area contributed by atoms with E-state index in [1.807, 2.05) is 52.2 Å². The molecule has 1 heterocycles. The van der Waals surface area contributed by atoms with Gasteiger partial charge in [0.1, 0.15) is 5.60 Å². The van der Waals surface area contributed by atoms with Crippen LogP contribution in [0, 0.1) is 0 Å². The van der Waals surface area contributed by atoms with Crippen LogP contribution in [0.2, 0.25) is 0 Å². The third kappa shape index (κ3) is 12.5. The standard InChI is InChI=1S/C17H31N5O2.HI/c1-5-18-15(20-11-14-22-12-6-7-13-22)19-9-8-10-21-16(23)24-17(2,3)4;/h6-7,12-13H,5,8-11,14H2,1-4H3,(H,21,23)(H2,18,19,20);1H. The first kappa shape index (κ1) is 23.5. The van der Waals surface area contributed by atoms with Crippen molar-refractivity contribution in [2.75, 3.05) is 26.2 Å². The number of hydrogen-bond acceptors (Lipinski definition) is 3. The summed E-state index contributed by atoms with van der Waals surface area (Å²) in [4.78, 5) is 16.0. The SMILES string of the molecule is CCNC(=NCCCNC(=O)OC(C)(C)C)NCCn1cccc1.I. The summed E-state index contributed by atoms with van der Waals surface area (Å²) >= 11 is 0. The maximum absolute atomic E-state index is 11.5. The van der Waals surface area contributed by atoms with Gasteiger partial charge in [0, 0.05) is 45.1 Å². The number of carbonyl (C=O) groups is 1. The molecule has 1 rings (SSSR count). The number of amides is 1. The van der Waals surface area contributed by atoms with E-state index in [0.717, 1.165) is 32.0 Å². The van der Waals surface area contributed by atoms with E-state index in [4.69, 9.17) is 4.74 Å². The van der Waals surface area contributed by atoms with Gasteiger partial charge in [0.05, 0.1) is 0 Å². The number of hydrogen-bond donors (Lipinski definition) is 3. The molecule has 0 aromatic carbocycles. The molecular formula is C17H32IN5O2. The van der Waals surface area contributed by atoms with Crippen LogP contribution in [0.5, 0.6) is 0 Å². The number of halogens is 1. The Morgan fingerprint density at radius 2 is 1.80 bits per heavy atom. The molecule has 0 bridgehead atoms. The van der Waals surface area contributed by atoms with Crippen molar-refractivity contribution >= 4 is 36.0 Å². The molecule has 1 aromatic heterocycles. The Hall–Kier alpha value is -1.45. The smallest absolute Gasteiger partial charge is 0.407 e.